The van der Waals surface area contributed by atoms with E-state index in [-0.39, 0.29) is 13.0 Å². The number of carboxylic acid groups (broad SMARTS) is 1. The van der Waals surface area contributed by atoms with E-state index in [1.54, 1.807) is 20.8 Å². The summed E-state index contributed by atoms with van der Waals surface area (Å²) in [5.41, 5.74) is -2.04. The van der Waals surface area contributed by atoms with Crippen LogP contribution in [0.1, 0.15) is 34.1 Å². The van der Waals surface area contributed by atoms with Gasteiger partial charge >= 0.3 is 12.1 Å². The van der Waals surface area contributed by atoms with Crippen LogP contribution in [0.5, 0.6) is 0 Å². The number of hydrogen-bond donors (Lipinski definition) is 2. The van der Waals surface area contributed by atoms with Crippen LogP contribution < -0.4 is 5.90 Å². The Balaban J connectivity index is 2.91. The lowest BCUT2D eigenvalue weighted by atomic mass is 9.99. The number of carboxylic acids is 1. The van der Waals surface area contributed by atoms with Crippen LogP contribution in [0.4, 0.5) is 4.79 Å². The Morgan fingerprint density at radius 1 is 1.44 bits per heavy atom. The van der Waals surface area contributed by atoms with Crippen LogP contribution in [0.3, 0.4) is 0 Å². The van der Waals surface area contributed by atoms with Gasteiger partial charge in [-0.05, 0) is 27.7 Å². The molecule has 1 aliphatic heterocycles. The molecule has 1 heterocycles. The predicted molar refractivity (Wildman–Crippen MR) is 62.7 cm³/mol. The van der Waals surface area contributed by atoms with Crippen LogP contribution in [0.15, 0.2) is 0 Å². The van der Waals surface area contributed by atoms with Gasteiger partial charge in [0.05, 0.1) is 12.6 Å². The first-order valence-electron chi connectivity index (χ1n) is 5.69. The largest absolute Gasteiger partial charge is 0.480 e. The van der Waals surface area contributed by atoms with Crippen LogP contribution in [-0.2, 0) is 14.4 Å². The SMILES string of the molecule is CC(C)(C)OC(=O)N1CC(ON)CC1(C)C(=O)O. The van der Waals surface area contributed by atoms with Gasteiger partial charge in [-0.25, -0.2) is 15.5 Å². The fourth-order valence-electron chi connectivity index (χ4n) is 1.91. The Hall–Kier alpha value is -1.34. The minimum atomic E-state index is -1.35. The van der Waals surface area contributed by atoms with Gasteiger partial charge in [-0.15, -0.1) is 0 Å². The highest BCUT2D eigenvalue weighted by molar-refractivity contribution is 5.85. The summed E-state index contributed by atoms with van der Waals surface area (Å²) < 4.78 is 5.19. The van der Waals surface area contributed by atoms with E-state index in [1.165, 1.54) is 6.92 Å². The molecule has 1 amide bonds. The normalized spacial score (nSPS) is 28.3. The highest BCUT2D eigenvalue weighted by atomic mass is 16.6. The van der Waals surface area contributed by atoms with Gasteiger partial charge in [0.15, 0.2) is 0 Å². The second-order valence-corrected chi connectivity index (χ2v) is 5.63. The lowest BCUT2D eigenvalue weighted by Crippen LogP contribution is -2.52. The summed E-state index contributed by atoms with van der Waals surface area (Å²) >= 11 is 0. The van der Waals surface area contributed by atoms with Crippen molar-refractivity contribution in [1.82, 2.24) is 4.90 Å². The van der Waals surface area contributed by atoms with E-state index in [0.717, 1.165) is 4.90 Å². The molecule has 0 aromatic heterocycles. The quantitative estimate of drug-likeness (QED) is 0.709. The molecule has 0 aromatic rings. The van der Waals surface area contributed by atoms with Crippen molar-refractivity contribution >= 4 is 12.1 Å². The molecule has 0 aliphatic carbocycles. The van der Waals surface area contributed by atoms with Gasteiger partial charge in [-0.3, -0.25) is 9.74 Å². The summed E-state index contributed by atoms with van der Waals surface area (Å²) in [5.74, 6) is 3.97. The molecule has 2 atom stereocenters. The van der Waals surface area contributed by atoms with Crippen molar-refractivity contribution in [2.24, 2.45) is 5.90 Å². The Morgan fingerprint density at radius 2 is 2.00 bits per heavy atom. The average Bonchev–Trinajstić information content (AvgIpc) is 2.54. The van der Waals surface area contributed by atoms with Gasteiger partial charge in [-0.2, -0.15) is 0 Å². The summed E-state index contributed by atoms with van der Waals surface area (Å²) in [5, 5.41) is 9.26. The number of aliphatic carboxylic acids is 1. The molecule has 0 spiro atoms. The summed E-state index contributed by atoms with van der Waals surface area (Å²) in [6.07, 6.45) is -1.04. The van der Waals surface area contributed by atoms with Crippen molar-refractivity contribution in [3.05, 3.63) is 0 Å². The smallest absolute Gasteiger partial charge is 0.411 e. The maximum Gasteiger partial charge on any atom is 0.411 e. The van der Waals surface area contributed by atoms with E-state index in [0.29, 0.717) is 0 Å². The molecule has 18 heavy (non-hydrogen) atoms. The Kier molecular flexibility index (Phi) is 3.87. The number of carbonyl (C=O) groups is 2. The van der Waals surface area contributed by atoms with E-state index in [4.69, 9.17) is 10.6 Å². The number of likely N-dealkylation sites (tertiary alicyclic amines) is 1. The minimum absolute atomic E-state index is 0.105. The molecular weight excluding hydrogens is 240 g/mol. The fourth-order valence-corrected chi connectivity index (χ4v) is 1.91. The van der Waals surface area contributed by atoms with Gasteiger partial charge in [0.25, 0.3) is 0 Å². The molecule has 2 unspecified atom stereocenters. The number of nitrogens with two attached hydrogens (primary N) is 1. The lowest BCUT2D eigenvalue weighted by molar-refractivity contribution is -0.148. The number of carbonyl (C=O) groups excluding carboxylic acids is 1. The van der Waals surface area contributed by atoms with E-state index in [9.17, 15) is 14.7 Å². The second-order valence-electron chi connectivity index (χ2n) is 5.63. The second kappa shape index (κ2) is 4.74. The molecule has 0 bridgehead atoms. The average molecular weight is 260 g/mol. The van der Waals surface area contributed by atoms with Crippen LogP contribution in [-0.4, -0.2) is 45.9 Å². The maximum absolute atomic E-state index is 12.0. The van der Waals surface area contributed by atoms with Gasteiger partial charge in [0.1, 0.15) is 11.1 Å². The first kappa shape index (κ1) is 14.7. The number of nitrogens with zero attached hydrogens (tertiary/aromatic N) is 1. The molecule has 3 N–H and O–H groups in total. The fraction of sp³-hybridized carbons (Fsp3) is 0.818. The highest BCUT2D eigenvalue weighted by Crippen LogP contribution is 2.32. The topological polar surface area (TPSA) is 102 Å². The monoisotopic (exact) mass is 260 g/mol. The molecule has 0 saturated carbocycles. The van der Waals surface area contributed by atoms with Crippen molar-refractivity contribution in [3.8, 4) is 0 Å². The first-order chi connectivity index (χ1) is 8.10. The Labute approximate surface area is 106 Å². The molecule has 1 saturated heterocycles. The van der Waals surface area contributed by atoms with E-state index in [1.807, 2.05) is 0 Å². The third-order valence-electron chi connectivity index (χ3n) is 2.87. The molecule has 0 radical (unpaired) electrons. The predicted octanol–water partition coefficient (Wildman–Crippen LogP) is 0.729. The summed E-state index contributed by atoms with van der Waals surface area (Å²) in [6.45, 7) is 6.72. The third kappa shape index (κ3) is 2.91. The van der Waals surface area contributed by atoms with Crippen LogP contribution in [0.2, 0.25) is 0 Å². The molecule has 7 nitrogen and oxygen atoms in total. The van der Waals surface area contributed by atoms with Gasteiger partial charge < -0.3 is 9.84 Å². The van der Waals surface area contributed by atoms with E-state index in [2.05, 4.69) is 4.84 Å². The van der Waals surface area contributed by atoms with Crippen LogP contribution in [0, 0.1) is 0 Å². The third-order valence-corrected chi connectivity index (χ3v) is 2.87. The first-order valence-corrected chi connectivity index (χ1v) is 5.69. The molecule has 104 valence electrons. The zero-order valence-corrected chi connectivity index (χ0v) is 11.1. The van der Waals surface area contributed by atoms with E-state index < -0.39 is 29.3 Å². The zero-order chi connectivity index (χ0) is 14.1. The molecule has 7 heteroatoms. The standard InChI is InChI=1S/C11H20N2O5/c1-10(2,3)17-9(16)13-6-7(18-12)5-11(13,4)8(14)15/h7H,5-6,12H2,1-4H3,(H,14,15). The van der Waals surface area contributed by atoms with Crippen LogP contribution >= 0.6 is 0 Å². The lowest BCUT2D eigenvalue weighted by Gasteiger charge is -2.32. The Bertz CT molecular complexity index is 352. The van der Waals surface area contributed by atoms with Crippen molar-refractivity contribution < 1.29 is 24.3 Å². The number of amides is 1. The molecule has 1 rings (SSSR count). The minimum Gasteiger partial charge on any atom is -0.480 e. The summed E-state index contributed by atoms with van der Waals surface area (Å²) in [4.78, 5) is 29.1. The number of rotatable bonds is 2. The van der Waals surface area contributed by atoms with Crippen molar-refractivity contribution in [2.75, 3.05) is 6.54 Å². The van der Waals surface area contributed by atoms with Crippen molar-refractivity contribution in [2.45, 2.75) is 51.4 Å². The zero-order valence-electron chi connectivity index (χ0n) is 11.1. The van der Waals surface area contributed by atoms with E-state index >= 15 is 0 Å². The van der Waals surface area contributed by atoms with Gasteiger partial charge in [-0.1, -0.05) is 0 Å². The van der Waals surface area contributed by atoms with Crippen molar-refractivity contribution in [3.63, 3.8) is 0 Å². The highest BCUT2D eigenvalue weighted by Gasteiger charge is 2.51. The summed E-state index contributed by atoms with van der Waals surface area (Å²) in [6, 6.07) is 0. The molecule has 0 aromatic carbocycles. The molecule has 1 aliphatic rings. The van der Waals surface area contributed by atoms with Crippen LogP contribution in [0.25, 0.3) is 0 Å². The van der Waals surface area contributed by atoms with Gasteiger partial charge in [0, 0.05) is 6.42 Å². The number of ether oxygens (including phenoxy) is 1. The molecule has 1 fully saturated rings. The maximum atomic E-state index is 12.0. The Morgan fingerprint density at radius 3 is 2.39 bits per heavy atom. The molecular formula is C11H20N2O5. The van der Waals surface area contributed by atoms with Crippen molar-refractivity contribution in [1.29, 1.82) is 0 Å². The summed E-state index contributed by atoms with van der Waals surface area (Å²) in [7, 11) is 0. The van der Waals surface area contributed by atoms with Gasteiger partial charge in [0.2, 0.25) is 0 Å². The number of hydrogen-bond acceptors (Lipinski definition) is 5.